The van der Waals surface area contributed by atoms with Gasteiger partial charge in [-0.1, -0.05) is 72.3 Å². The molecule has 0 aliphatic carbocycles. The maximum absolute atomic E-state index is 13.9. The monoisotopic (exact) mass is 478 g/mol. The molecular weight excluding hydrogens is 452 g/mol. The summed E-state index contributed by atoms with van der Waals surface area (Å²) in [6.45, 7) is 2.20. The molecule has 4 aromatic rings. The Morgan fingerprint density at radius 1 is 0.861 bits per heavy atom. The molecule has 1 aliphatic heterocycles. The topological polar surface area (TPSA) is 70.1 Å². The molecule has 0 unspecified atom stereocenters. The van der Waals surface area contributed by atoms with Gasteiger partial charge in [0, 0.05) is 12.2 Å². The van der Waals surface area contributed by atoms with Gasteiger partial charge >= 0.3 is 5.97 Å². The molecule has 0 aromatic heterocycles. The van der Waals surface area contributed by atoms with Gasteiger partial charge in [0.2, 0.25) is 0 Å². The minimum absolute atomic E-state index is 0.0741. The number of nitrogens with zero attached hydrogens (tertiary/aromatic N) is 2. The molecule has 180 valence electrons. The van der Waals surface area contributed by atoms with Gasteiger partial charge < -0.3 is 14.7 Å². The molecule has 36 heavy (non-hydrogen) atoms. The highest BCUT2D eigenvalue weighted by Crippen LogP contribution is 2.42. The normalized spacial score (nSPS) is 14.9. The number of carbonyl (C=O) groups excluding carboxylic acids is 1. The molecule has 0 saturated heterocycles. The van der Waals surface area contributed by atoms with Gasteiger partial charge in [-0.25, -0.2) is 4.79 Å². The van der Waals surface area contributed by atoms with E-state index in [0.29, 0.717) is 17.9 Å². The Kier molecular flexibility index (Phi) is 6.41. The molecule has 0 spiro atoms. The summed E-state index contributed by atoms with van der Waals surface area (Å²) < 4.78 is 5.34. The second kappa shape index (κ2) is 9.96. The summed E-state index contributed by atoms with van der Waals surface area (Å²) in [6, 6.07) is 33.1. The van der Waals surface area contributed by atoms with E-state index in [-0.39, 0.29) is 5.91 Å². The fourth-order valence-electron chi connectivity index (χ4n) is 4.54. The van der Waals surface area contributed by atoms with Crippen LogP contribution in [0.15, 0.2) is 103 Å². The summed E-state index contributed by atoms with van der Waals surface area (Å²) in [5, 5.41) is 8.93. The molecule has 0 bridgehead atoms. The van der Waals surface area contributed by atoms with E-state index in [1.165, 1.54) is 0 Å². The van der Waals surface area contributed by atoms with Crippen LogP contribution in [0.2, 0.25) is 0 Å². The van der Waals surface area contributed by atoms with E-state index in [1.54, 1.807) is 12.1 Å². The molecule has 1 heterocycles. The third kappa shape index (κ3) is 4.66. The number of hydrogen-bond donors (Lipinski definition) is 1. The van der Waals surface area contributed by atoms with Crippen LogP contribution in [0.3, 0.4) is 0 Å². The van der Waals surface area contributed by atoms with Gasteiger partial charge in [0.15, 0.2) is 6.61 Å². The maximum atomic E-state index is 13.9. The van der Waals surface area contributed by atoms with E-state index in [0.717, 1.165) is 28.1 Å². The highest BCUT2D eigenvalue weighted by molar-refractivity contribution is 6.12. The molecule has 6 nitrogen and oxygen atoms in total. The van der Waals surface area contributed by atoms with Crippen molar-refractivity contribution in [1.29, 1.82) is 0 Å². The van der Waals surface area contributed by atoms with Crippen molar-refractivity contribution in [2.45, 2.75) is 19.6 Å². The van der Waals surface area contributed by atoms with E-state index in [9.17, 15) is 9.59 Å². The average molecular weight is 479 g/mol. The molecule has 4 aromatic carbocycles. The zero-order chi connectivity index (χ0) is 25.1. The number of carbonyl (C=O) groups is 2. The van der Waals surface area contributed by atoms with Crippen molar-refractivity contribution in [3.05, 3.63) is 125 Å². The van der Waals surface area contributed by atoms with Crippen LogP contribution in [-0.2, 0) is 11.3 Å². The number of hydrogen-bond acceptors (Lipinski definition) is 4. The van der Waals surface area contributed by atoms with Crippen molar-refractivity contribution < 1.29 is 19.4 Å². The van der Waals surface area contributed by atoms with Gasteiger partial charge in [0.25, 0.3) is 5.91 Å². The summed E-state index contributed by atoms with van der Waals surface area (Å²) in [5.74, 6) is -0.650. The molecule has 1 amide bonds. The van der Waals surface area contributed by atoms with Gasteiger partial charge in [-0.05, 0) is 54.4 Å². The third-order valence-corrected chi connectivity index (χ3v) is 6.25. The molecule has 0 radical (unpaired) electrons. The van der Waals surface area contributed by atoms with E-state index >= 15 is 0 Å². The van der Waals surface area contributed by atoms with Gasteiger partial charge in [-0.2, -0.15) is 0 Å². The zero-order valence-electron chi connectivity index (χ0n) is 19.9. The number of para-hydroxylation sites is 1. The molecule has 0 fully saturated rings. The van der Waals surface area contributed by atoms with Crippen LogP contribution in [0.4, 0.5) is 11.4 Å². The summed E-state index contributed by atoms with van der Waals surface area (Å²) >= 11 is 0. The molecular formula is C30H26N2O4. The molecule has 1 aliphatic rings. The highest BCUT2D eigenvalue weighted by atomic mass is 16.5. The Bertz CT molecular complexity index is 1370. The first-order valence-electron chi connectivity index (χ1n) is 11.8. The summed E-state index contributed by atoms with van der Waals surface area (Å²) in [4.78, 5) is 28.9. The standard InChI is InChI=1S/C30H26N2O4/c1-21-11-15-24(16-12-21)32-29(23-13-17-25(18-14-23)36-20-28(33)34)31(19-22-7-3-2-4-8-22)27-10-6-5-9-26(27)30(32)35/h2-18,29H,19-20H2,1H3,(H,33,34)/t29-/m1/s1. The van der Waals surface area contributed by atoms with Gasteiger partial charge in [0.1, 0.15) is 11.9 Å². The second-order valence-corrected chi connectivity index (χ2v) is 8.77. The fourth-order valence-corrected chi connectivity index (χ4v) is 4.54. The lowest BCUT2D eigenvalue weighted by molar-refractivity contribution is -0.139. The smallest absolute Gasteiger partial charge is 0.341 e. The van der Waals surface area contributed by atoms with Gasteiger partial charge in [0.05, 0.1) is 11.3 Å². The lowest BCUT2D eigenvalue weighted by Gasteiger charge is -2.46. The molecule has 5 rings (SSSR count). The first-order valence-corrected chi connectivity index (χ1v) is 11.8. The predicted molar refractivity (Wildman–Crippen MR) is 139 cm³/mol. The van der Waals surface area contributed by atoms with Crippen molar-refractivity contribution in [3.8, 4) is 5.75 Å². The number of rotatable bonds is 7. The number of benzene rings is 4. The second-order valence-electron chi connectivity index (χ2n) is 8.77. The van der Waals surface area contributed by atoms with Crippen molar-refractivity contribution in [1.82, 2.24) is 0 Å². The van der Waals surface area contributed by atoms with E-state index in [1.807, 2.05) is 90.7 Å². The Hall–Kier alpha value is -4.58. The number of fused-ring (bicyclic) bond motifs is 1. The number of carboxylic acid groups (broad SMARTS) is 1. The summed E-state index contributed by atoms with van der Waals surface area (Å²) in [6.07, 6.45) is -0.427. The zero-order valence-corrected chi connectivity index (χ0v) is 19.9. The van der Waals surface area contributed by atoms with Crippen molar-refractivity contribution in [2.75, 3.05) is 16.4 Å². The first-order chi connectivity index (χ1) is 17.5. The van der Waals surface area contributed by atoms with Crippen LogP contribution in [0, 0.1) is 6.92 Å². The van der Waals surface area contributed by atoms with Crippen LogP contribution < -0.4 is 14.5 Å². The van der Waals surface area contributed by atoms with Crippen LogP contribution in [0.25, 0.3) is 0 Å². The lowest BCUT2D eigenvalue weighted by Crippen LogP contribution is -2.49. The molecule has 1 atom stereocenters. The van der Waals surface area contributed by atoms with Crippen LogP contribution in [0.1, 0.15) is 33.2 Å². The van der Waals surface area contributed by atoms with E-state index in [4.69, 9.17) is 9.84 Å². The highest BCUT2D eigenvalue weighted by Gasteiger charge is 2.39. The number of amides is 1. The number of anilines is 2. The van der Waals surface area contributed by atoms with Crippen molar-refractivity contribution >= 4 is 23.3 Å². The minimum Gasteiger partial charge on any atom is -0.482 e. The molecule has 1 N–H and O–H groups in total. The van der Waals surface area contributed by atoms with Crippen LogP contribution >= 0.6 is 0 Å². The number of aliphatic carboxylic acids is 1. The van der Waals surface area contributed by atoms with Crippen LogP contribution in [-0.4, -0.2) is 23.6 Å². The number of aryl methyl sites for hydroxylation is 1. The SMILES string of the molecule is Cc1ccc(N2C(=O)c3ccccc3N(Cc3ccccc3)[C@H]2c2ccc(OCC(=O)O)cc2)cc1. The largest absolute Gasteiger partial charge is 0.482 e. The van der Waals surface area contributed by atoms with Gasteiger partial charge in [-0.3, -0.25) is 9.69 Å². The third-order valence-electron chi connectivity index (χ3n) is 6.25. The summed E-state index contributed by atoms with van der Waals surface area (Å²) in [5.41, 5.74) is 5.43. The Morgan fingerprint density at radius 2 is 1.53 bits per heavy atom. The van der Waals surface area contributed by atoms with E-state index < -0.39 is 18.7 Å². The van der Waals surface area contributed by atoms with Crippen molar-refractivity contribution in [3.63, 3.8) is 0 Å². The molecule has 6 heteroatoms. The van der Waals surface area contributed by atoms with Crippen LogP contribution in [0.5, 0.6) is 5.75 Å². The molecule has 0 saturated carbocycles. The minimum atomic E-state index is -1.03. The average Bonchev–Trinajstić information content (AvgIpc) is 2.90. The predicted octanol–water partition coefficient (Wildman–Crippen LogP) is 5.82. The number of carboxylic acids is 1. The summed E-state index contributed by atoms with van der Waals surface area (Å²) in [7, 11) is 0. The lowest BCUT2D eigenvalue weighted by atomic mass is 9.99. The van der Waals surface area contributed by atoms with E-state index in [2.05, 4.69) is 17.0 Å². The quantitative estimate of drug-likeness (QED) is 0.362. The fraction of sp³-hybridized carbons (Fsp3) is 0.133. The van der Waals surface area contributed by atoms with Gasteiger partial charge in [-0.15, -0.1) is 0 Å². The maximum Gasteiger partial charge on any atom is 0.341 e. The Labute approximate surface area is 210 Å². The number of ether oxygens (including phenoxy) is 1. The Morgan fingerprint density at radius 3 is 2.22 bits per heavy atom. The first kappa shape index (κ1) is 23.2. The Balaban J connectivity index is 1.64. The van der Waals surface area contributed by atoms with Crippen molar-refractivity contribution in [2.24, 2.45) is 0 Å².